The molecule has 2 aromatic rings. The van der Waals surface area contributed by atoms with E-state index in [-0.39, 0.29) is 0 Å². The van der Waals surface area contributed by atoms with Gasteiger partial charge in [0.05, 0.1) is 5.52 Å². The smallest absolute Gasteiger partial charge is 0.477 e. The number of carbonyl (C=O) groups is 1. The van der Waals surface area contributed by atoms with Gasteiger partial charge in [-0.25, -0.2) is 9.78 Å². The summed E-state index contributed by atoms with van der Waals surface area (Å²) in [5, 5.41) is 8.38. The first kappa shape index (κ1) is 15.9. The fraction of sp³-hybridized carbons (Fsp3) is 0.167. The van der Waals surface area contributed by atoms with E-state index < -0.39 is 46.4 Å². The van der Waals surface area contributed by atoms with Gasteiger partial charge >= 0.3 is 18.5 Å². The molecular weight excluding hydrogens is 320 g/mol. The molecule has 1 heterocycles. The summed E-state index contributed by atoms with van der Waals surface area (Å²) in [6.07, 6.45) is -10.6. The van der Waals surface area contributed by atoms with Crippen molar-refractivity contribution in [3.63, 3.8) is 0 Å². The number of fused-ring (bicyclic) bond motifs is 1. The van der Waals surface area contributed by atoms with Gasteiger partial charge in [-0.3, -0.25) is 0 Å². The van der Waals surface area contributed by atoms with Gasteiger partial charge in [0.2, 0.25) is 0 Å². The van der Waals surface area contributed by atoms with Crippen molar-refractivity contribution in [1.82, 2.24) is 4.98 Å². The highest BCUT2D eigenvalue weighted by Crippen LogP contribution is 2.40. The summed E-state index contributed by atoms with van der Waals surface area (Å²) in [5.41, 5.74) is -4.12. The van der Waals surface area contributed by atoms with Crippen molar-refractivity contribution in [1.29, 1.82) is 0 Å². The molecule has 0 aliphatic carbocycles. The molecule has 0 saturated heterocycles. The Morgan fingerprint density at radius 2 is 1.68 bits per heavy atom. The van der Waals surface area contributed by atoms with Crippen molar-refractivity contribution in [2.24, 2.45) is 0 Å². The average Bonchev–Trinajstić information content (AvgIpc) is 2.35. The molecule has 0 aliphatic heterocycles. The van der Waals surface area contributed by atoms with E-state index in [9.17, 15) is 31.1 Å². The molecule has 0 aliphatic rings. The molecule has 0 spiro atoms. The van der Waals surface area contributed by atoms with E-state index in [1.807, 2.05) is 0 Å². The van der Waals surface area contributed by atoms with Gasteiger partial charge in [0, 0.05) is 5.39 Å². The second-order valence-electron chi connectivity index (χ2n) is 4.03. The van der Waals surface area contributed by atoms with Crippen LogP contribution in [0, 0.1) is 0 Å². The number of benzene rings is 1. The van der Waals surface area contributed by atoms with E-state index in [0.29, 0.717) is 0 Å². The zero-order chi connectivity index (χ0) is 16.7. The molecule has 1 aromatic heterocycles. The number of para-hydroxylation sites is 1. The van der Waals surface area contributed by atoms with Crippen molar-refractivity contribution in [2.45, 2.75) is 12.5 Å². The molecule has 118 valence electrons. The van der Waals surface area contributed by atoms with E-state index in [1.54, 1.807) is 0 Å². The fourth-order valence-electron chi connectivity index (χ4n) is 1.81. The third-order valence-corrected chi connectivity index (χ3v) is 2.54. The first-order valence-corrected chi connectivity index (χ1v) is 5.49. The minimum absolute atomic E-state index is 0.473. The Bertz CT molecular complexity index is 738. The number of carboxylic acid groups (broad SMARTS) is 1. The van der Waals surface area contributed by atoms with Gasteiger partial charge in [-0.2, -0.15) is 13.2 Å². The Balaban J connectivity index is 2.92. The summed E-state index contributed by atoms with van der Waals surface area (Å²) in [6, 6.07) is 4.45. The van der Waals surface area contributed by atoms with Gasteiger partial charge < -0.3 is 9.84 Å². The molecule has 10 heteroatoms. The summed E-state index contributed by atoms with van der Waals surface area (Å²) in [5.74, 6) is -3.68. The van der Waals surface area contributed by atoms with E-state index in [0.717, 1.165) is 12.1 Å². The molecule has 1 N–H and O–H groups in total. The number of pyridine rings is 1. The number of aromatic carboxylic acids is 1. The van der Waals surface area contributed by atoms with Gasteiger partial charge in [-0.1, -0.05) is 12.1 Å². The Morgan fingerprint density at radius 3 is 2.18 bits per heavy atom. The molecule has 0 fully saturated rings. The van der Waals surface area contributed by atoms with Crippen molar-refractivity contribution in [2.75, 3.05) is 0 Å². The molecule has 0 unspecified atom stereocenters. The molecule has 0 bridgehead atoms. The molecular formula is C12H5F6NO3. The van der Waals surface area contributed by atoms with Gasteiger partial charge in [0.1, 0.15) is 5.56 Å². The topological polar surface area (TPSA) is 59.4 Å². The second kappa shape index (κ2) is 5.04. The second-order valence-corrected chi connectivity index (χ2v) is 4.03. The standard InChI is InChI=1S/C12H5F6NO3/c13-11(14,15)9-7(10(20)21)8(22-12(16,17)18)5-3-1-2-4-6(5)19-9/h1-4H,(H,20,21). The third kappa shape index (κ3) is 3.05. The lowest BCUT2D eigenvalue weighted by molar-refractivity contribution is -0.274. The van der Waals surface area contributed by atoms with Crippen LogP contribution in [0.4, 0.5) is 26.3 Å². The summed E-state index contributed by atoms with van der Waals surface area (Å²) in [4.78, 5) is 14.1. The largest absolute Gasteiger partial charge is 0.573 e. The molecule has 2 rings (SSSR count). The number of carboxylic acids is 1. The van der Waals surface area contributed by atoms with Crippen LogP contribution in [0.15, 0.2) is 24.3 Å². The maximum Gasteiger partial charge on any atom is 0.573 e. The zero-order valence-corrected chi connectivity index (χ0v) is 10.3. The zero-order valence-electron chi connectivity index (χ0n) is 10.3. The fourth-order valence-corrected chi connectivity index (χ4v) is 1.81. The van der Waals surface area contributed by atoms with Crippen LogP contribution < -0.4 is 4.74 Å². The van der Waals surface area contributed by atoms with Crippen molar-refractivity contribution in [3.05, 3.63) is 35.5 Å². The number of halogens is 6. The van der Waals surface area contributed by atoms with E-state index >= 15 is 0 Å². The van der Waals surface area contributed by atoms with Gasteiger partial charge in [-0.05, 0) is 12.1 Å². The van der Waals surface area contributed by atoms with Crippen LogP contribution in [-0.2, 0) is 6.18 Å². The number of nitrogens with zero attached hydrogens (tertiary/aromatic N) is 1. The number of ether oxygens (including phenoxy) is 1. The molecule has 22 heavy (non-hydrogen) atoms. The monoisotopic (exact) mass is 325 g/mol. The van der Waals surface area contributed by atoms with Crippen LogP contribution >= 0.6 is 0 Å². The number of aromatic nitrogens is 1. The molecule has 4 nitrogen and oxygen atoms in total. The Kier molecular flexibility index (Phi) is 3.63. The van der Waals surface area contributed by atoms with Crippen molar-refractivity contribution < 1.29 is 41.0 Å². The number of hydrogen-bond donors (Lipinski definition) is 1. The maximum absolute atomic E-state index is 12.9. The number of alkyl halides is 6. The van der Waals surface area contributed by atoms with E-state index in [1.165, 1.54) is 12.1 Å². The highest BCUT2D eigenvalue weighted by molar-refractivity contribution is 6.00. The first-order chi connectivity index (χ1) is 10.0. The highest BCUT2D eigenvalue weighted by atomic mass is 19.4. The number of hydrogen-bond acceptors (Lipinski definition) is 3. The molecule has 0 atom stereocenters. The van der Waals surface area contributed by atoms with Crippen molar-refractivity contribution in [3.8, 4) is 5.75 Å². The maximum atomic E-state index is 12.9. The van der Waals surface area contributed by atoms with Gasteiger partial charge in [-0.15, -0.1) is 13.2 Å². The van der Waals surface area contributed by atoms with Crippen LogP contribution in [0.2, 0.25) is 0 Å². The summed E-state index contributed by atoms with van der Waals surface area (Å²) >= 11 is 0. The van der Waals surface area contributed by atoms with Crippen LogP contribution in [0.5, 0.6) is 5.75 Å². The Hall–Kier alpha value is -2.52. The van der Waals surface area contributed by atoms with Crippen LogP contribution in [0.1, 0.15) is 16.1 Å². The quantitative estimate of drug-likeness (QED) is 0.852. The predicted octanol–water partition coefficient (Wildman–Crippen LogP) is 3.85. The minimum Gasteiger partial charge on any atom is -0.477 e. The summed E-state index contributed by atoms with van der Waals surface area (Å²) in [7, 11) is 0. The Morgan fingerprint density at radius 1 is 1.09 bits per heavy atom. The van der Waals surface area contributed by atoms with Gasteiger partial charge in [0.15, 0.2) is 11.4 Å². The van der Waals surface area contributed by atoms with Crippen LogP contribution in [0.25, 0.3) is 10.9 Å². The lowest BCUT2D eigenvalue weighted by atomic mass is 10.1. The first-order valence-electron chi connectivity index (χ1n) is 5.49. The lowest BCUT2D eigenvalue weighted by Gasteiger charge is -2.17. The highest BCUT2D eigenvalue weighted by Gasteiger charge is 2.42. The molecule has 0 saturated carbocycles. The SMILES string of the molecule is O=C(O)c1c(C(F)(F)F)nc2ccccc2c1OC(F)(F)F. The van der Waals surface area contributed by atoms with Crippen LogP contribution in [0.3, 0.4) is 0 Å². The number of rotatable bonds is 2. The molecule has 1 aromatic carbocycles. The summed E-state index contributed by atoms with van der Waals surface area (Å²) < 4.78 is 79.5. The Labute approximate surface area is 117 Å². The van der Waals surface area contributed by atoms with Gasteiger partial charge in [0.25, 0.3) is 0 Å². The summed E-state index contributed by atoms with van der Waals surface area (Å²) in [6.45, 7) is 0. The van der Waals surface area contributed by atoms with E-state index in [4.69, 9.17) is 5.11 Å². The normalized spacial score (nSPS) is 12.5. The molecule has 0 radical (unpaired) electrons. The third-order valence-electron chi connectivity index (χ3n) is 2.54. The lowest BCUT2D eigenvalue weighted by Crippen LogP contribution is -2.23. The van der Waals surface area contributed by atoms with Crippen molar-refractivity contribution >= 4 is 16.9 Å². The van der Waals surface area contributed by atoms with Crippen LogP contribution in [-0.4, -0.2) is 22.4 Å². The molecule has 0 amide bonds. The average molecular weight is 325 g/mol. The van der Waals surface area contributed by atoms with E-state index in [2.05, 4.69) is 9.72 Å². The predicted molar refractivity (Wildman–Crippen MR) is 60.4 cm³/mol. The minimum atomic E-state index is -5.36.